The summed E-state index contributed by atoms with van der Waals surface area (Å²) in [6.07, 6.45) is 0. The van der Waals surface area contributed by atoms with Gasteiger partial charge >= 0.3 is 0 Å². The van der Waals surface area contributed by atoms with Gasteiger partial charge in [0.25, 0.3) is 5.92 Å². The zero-order valence-corrected chi connectivity index (χ0v) is 6.90. The molecule has 0 fully saturated rings. The van der Waals surface area contributed by atoms with Crippen LogP contribution in [0.1, 0.15) is 0 Å². The smallest absolute Gasteiger partial charge is 0.282 e. The summed E-state index contributed by atoms with van der Waals surface area (Å²) in [5.74, 6) is -4.28. The molecule has 13 heavy (non-hydrogen) atoms. The quantitative estimate of drug-likeness (QED) is 0.531. The number of rotatable bonds is 5. The van der Waals surface area contributed by atoms with E-state index >= 15 is 0 Å². The van der Waals surface area contributed by atoms with Crippen LogP contribution < -0.4 is 16.8 Å². The lowest BCUT2D eigenvalue weighted by atomic mass is 10.1. The molecule has 78 valence electrons. The second-order valence-electron chi connectivity index (χ2n) is 2.44. The first-order valence-electron chi connectivity index (χ1n) is 3.61. The van der Waals surface area contributed by atoms with Gasteiger partial charge in [-0.2, -0.15) is 0 Å². The third-order valence-corrected chi connectivity index (χ3v) is 1.46. The second kappa shape index (κ2) is 5.03. The summed E-state index contributed by atoms with van der Waals surface area (Å²) in [6, 6.07) is -1.89. The molecule has 0 bridgehead atoms. The van der Waals surface area contributed by atoms with Crippen molar-refractivity contribution >= 4 is 5.91 Å². The zero-order valence-electron chi connectivity index (χ0n) is 6.90. The maximum absolute atomic E-state index is 12.7. The summed E-state index contributed by atoms with van der Waals surface area (Å²) in [6.45, 7) is -2.86. The summed E-state index contributed by atoms with van der Waals surface area (Å²) in [4.78, 5) is 10.6. The Kier molecular flexibility index (Phi) is 4.71. The predicted octanol–water partition coefficient (Wildman–Crippen LogP) is -1.01. The Hall–Kier alpha value is -0.820. The highest BCUT2D eigenvalue weighted by Crippen LogP contribution is 2.17. The molecule has 0 saturated carbocycles. The molecular formula is C6H12F3N3O. The first-order valence-corrected chi connectivity index (χ1v) is 3.61. The third-order valence-electron chi connectivity index (χ3n) is 1.46. The van der Waals surface area contributed by atoms with Crippen molar-refractivity contribution in [1.82, 2.24) is 5.32 Å². The minimum Gasteiger partial charge on any atom is -0.344 e. The molecule has 0 aromatic carbocycles. The molecule has 1 amide bonds. The van der Waals surface area contributed by atoms with Crippen LogP contribution in [0.15, 0.2) is 0 Å². The number of hydrogen-bond donors (Lipinski definition) is 3. The molecule has 0 rings (SSSR count). The maximum Gasteiger partial charge on any atom is 0.282 e. The standard InChI is InChI=1S/C6H12F3N3O/c7-1-4(6(8,9)3-11)12-5(13)2-10/h4H,1-3,10-11H2,(H,12,13). The fourth-order valence-corrected chi connectivity index (χ4v) is 0.653. The number of carbonyl (C=O) groups excluding carboxylic acids is 1. The lowest BCUT2D eigenvalue weighted by Gasteiger charge is -2.23. The van der Waals surface area contributed by atoms with Gasteiger partial charge in [0, 0.05) is 0 Å². The lowest BCUT2D eigenvalue weighted by Crippen LogP contribution is -2.53. The van der Waals surface area contributed by atoms with E-state index in [2.05, 4.69) is 0 Å². The van der Waals surface area contributed by atoms with E-state index in [1.807, 2.05) is 0 Å². The summed E-state index contributed by atoms with van der Waals surface area (Å²) in [5, 5.41) is 1.74. The molecule has 0 saturated heterocycles. The highest BCUT2D eigenvalue weighted by molar-refractivity contribution is 5.78. The first kappa shape index (κ1) is 12.2. The van der Waals surface area contributed by atoms with Gasteiger partial charge in [0.1, 0.15) is 12.7 Å². The normalized spacial score (nSPS) is 13.9. The van der Waals surface area contributed by atoms with Gasteiger partial charge in [-0.3, -0.25) is 4.79 Å². The Balaban J connectivity index is 4.25. The Labute approximate surface area is 73.5 Å². The highest BCUT2D eigenvalue weighted by atomic mass is 19.3. The first-order chi connectivity index (χ1) is 5.97. The SMILES string of the molecule is NCC(=O)NC(CF)C(F)(F)CN. The Morgan fingerprint density at radius 3 is 2.31 bits per heavy atom. The Morgan fingerprint density at radius 1 is 1.46 bits per heavy atom. The summed E-state index contributed by atoms with van der Waals surface area (Å²) in [5.41, 5.74) is 9.55. The summed E-state index contributed by atoms with van der Waals surface area (Å²) in [7, 11) is 0. The van der Waals surface area contributed by atoms with Crippen LogP contribution in [0, 0.1) is 0 Å². The molecule has 0 aromatic rings. The predicted molar refractivity (Wildman–Crippen MR) is 41.0 cm³/mol. The summed E-state index contributed by atoms with van der Waals surface area (Å²) < 4.78 is 37.4. The monoisotopic (exact) mass is 199 g/mol. The molecule has 5 N–H and O–H groups in total. The number of amides is 1. The van der Waals surface area contributed by atoms with Gasteiger partial charge in [0.15, 0.2) is 0 Å². The molecule has 7 heteroatoms. The molecule has 0 aliphatic rings. The van der Waals surface area contributed by atoms with Crippen LogP contribution in [0.5, 0.6) is 0 Å². The van der Waals surface area contributed by atoms with Crippen LogP contribution in [0.25, 0.3) is 0 Å². The van der Waals surface area contributed by atoms with Gasteiger partial charge < -0.3 is 16.8 Å². The number of halogens is 3. The van der Waals surface area contributed by atoms with Crippen molar-refractivity contribution < 1.29 is 18.0 Å². The Morgan fingerprint density at radius 2 is 2.00 bits per heavy atom. The molecule has 0 aliphatic carbocycles. The lowest BCUT2D eigenvalue weighted by molar-refractivity contribution is -0.124. The number of hydrogen-bond acceptors (Lipinski definition) is 3. The molecule has 0 radical (unpaired) electrons. The maximum atomic E-state index is 12.7. The van der Waals surface area contributed by atoms with Crippen molar-refractivity contribution in [3.8, 4) is 0 Å². The number of carbonyl (C=O) groups is 1. The van der Waals surface area contributed by atoms with Gasteiger partial charge in [-0.1, -0.05) is 0 Å². The van der Waals surface area contributed by atoms with Crippen molar-refractivity contribution in [2.75, 3.05) is 19.8 Å². The fraction of sp³-hybridized carbons (Fsp3) is 0.833. The molecule has 1 atom stereocenters. The zero-order chi connectivity index (χ0) is 10.5. The van der Waals surface area contributed by atoms with E-state index in [-0.39, 0.29) is 0 Å². The second-order valence-corrected chi connectivity index (χ2v) is 2.44. The minimum atomic E-state index is -3.44. The van der Waals surface area contributed by atoms with Crippen LogP contribution in [0.2, 0.25) is 0 Å². The molecule has 0 aromatic heterocycles. The summed E-state index contributed by atoms with van der Waals surface area (Å²) >= 11 is 0. The minimum absolute atomic E-state index is 0.461. The Bertz CT molecular complexity index is 177. The number of alkyl halides is 3. The number of nitrogens with two attached hydrogens (primary N) is 2. The molecular weight excluding hydrogens is 187 g/mol. The highest BCUT2D eigenvalue weighted by Gasteiger charge is 2.38. The van der Waals surface area contributed by atoms with E-state index in [1.54, 1.807) is 5.32 Å². The van der Waals surface area contributed by atoms with Crippen LogP contribution in [0.4, 0.5) is 13.2 Å². The van der Waals surface area contributed by atoms with Crippen molar-refractivity contribution in [1.29, 1.82) is 0 Å². The van der Waals surface area contributed by atoms with Crippen LogP contribution in [-0.4, -0.2) is 37.6 Å². The molecule has 0 aliphatic heterocycles. The van der Waals surface area contributed by atoms with Gasteiger partial charge in [-0.25, -0.2) is 13.2 Å². The van der Waals surface area contributed by atoms with Crippen LogP contribution >= 0.6 is 0 Å². The van der Waals surface area contributed by atoms with Crippen molar-refractivity contribution in [2.24, 2.45) is 11.5 Å². The van der Waals surface area contributed by atoms with E-state index in [0.29, 0.717) is 0 Å². The van der Waals surface area contributed by atoms with Crippen molar-refractivity contribution in [3.63, 3.8) is 0 Å². The largest absolute Gasteiger partial charge is 0.344 e. The van der Waals surface area contributed by atoms with Crippen LogP contribution in [-0.2, 0) is 4.79 Å². The van der Waals surface area contributed by atoms with E-state index in [1.165, 1.54) is 0 Å². The average molecular weight is 199 g/mol. The van der Waals surface area contributed by atoms with Crippen molar-refractivity contribution in [3.05, 3.63) is 0 Å². The van der Waals surface area contributed by atoms with E-state index in [4.69, 9.17) is 11.5 Å². The third kappa shape index (κ3) is 3.60. The van der Waals surface area contributed by atoms with Gasteiger partial charge in [0.05, 0.1) is 13.1 Å². The van der Waals surface area contributed by atoms with E-state index < -0.39 is 37.6 Å². The molecule has 0 heterocycles. The van der Waals surface area contributed by atoms with Gasteiger partial charge in [-0.15, -0.1) is 0 Å². The molecule has 1 unspecified atom stereocenters. The molecule has 0 spiro atoms. The average Bonchev–Trinajstić information content (AvgIpc) is 2.13. The van der Waals surface area contributed by atoms with E-state index in [9.17, 15) is 18.0 Å². The van der Waals surface area contributed by atoms with Gasteiger partial charge in [-0.05, 0) is 0 Å². The molecule has 4 nitrogen and oxygen atoms in total. The van der Waals surface area contributed by atoms with Crippen molar-refractivity contribution in [2.45, 2.75) is 12.0 Å². The van der Waals surface area contributed by atoms with Gasteiger partial charge in [0.2, 0.25) is 5.91 Å². The van der Waals surface area contributed by atoms with Crippen LogP contribution in [0.3, 0.4) is 0 Å². The number of nitrogens with one attached hydrogen (secondary N) is 1. The fourth-order valence-electron chi connectivity index (χ4n) is 0.653. The topological polar surface area (TPSA) is 81.1 Å². The van der Waals surface area contributed by atoms with E-state index in [0.717, 1.165) is 0 Å².